The highest BCUT2D eigenvalue weighted by molar-refractivity contribution is 7.93. The van der Waals surface area contributed by atoms with E-state index in [2.05, 4.69) is 19.6 Å². The van der Waals surface area contributed by atoms with Gasteiger partial charge in [-0.1, -0.05) is 35.9 Å². The third-order valence-corrected chi connectivity index (χ3v) is 8.52. The number of alkyl halides is 2. The molecule has 10 heteroatoms. The predicted molar refractivity (Wildman–Crippen MR) is 130 cm³/mol. The first-order chi connectivity index (χ1) is 17.0. The molecular formula is C26H27F3N4O2S. The maximum atomic E-state index is 15.4. The Morgan fingerprint density at radius 1 is 1.17 bits per heavy atom. The van der Waals surface area contributed by atoms with Crippen molar-refractivity contribution in [2.75, 3.05) is 13.6 Å². The molecule has 1 heterocycles. The summed E-state index contributed by atoms with van der Waals surface area (Å²) < 4.78 is 63.4. The van der Waals surface area contributed by atoms with Crippen LogP contribution in [0.1, 0.15) is 57.3 Å². The maximum Gasteiger partial charge on any atom is 0.290 e. The minimum Gasteiger partial charge on any atom is -0.344 e. The Labute approximate surface area is 208 Å². The predicted octanol–water partition coefficient (Wildman–Crippen LogP) is 5.46. The van der Waals surface area contributed by atoms with Gasteiger partial charge < -0.3 is 5.32 Å². The lowest BCUT2D eigenvalue weighted by Gasteiger charge is -2.20. The summed E-state index contributed by atoms with van der Waals surface area (Å²) in [5.41, 5.74) is 1.08. The first-order valence-electron chi connectivity index (χ1n) is 11.5. The van der Waals surface area contributed by atoms with E-state index in [4.69, 9.17) is 0 Å². The normalized spacial score (nSPS) is 15.3. The monoisotopic (exact) mass is 516 g/mol. The van der Waals surface area contributed by atoms with Gasteiger partial charge in [-0.3, -0.25) is 4.79 Å². The highest BCUT2D eigenvalue weighted by atomic mass is 32.2. The zero-order valence-corrected chi connectivity index (χ0v) is 21.3. The topological polar surface area (TPSA) is 84.3 Å². The van der Waals surface area contributed by atoms with Crippen molar-refractivity contribution in [1.29, 1.82) is 0 Å². The molecule has 1 aromatic heterocycles. The van der Waals surface area contributed by atoms with Crippen molar-refractivity contribution >= 4 is 15.6 Å². The van der Waals surface area contributed by atoms with Crippen molar-refractivity contribution in [1.82, 2.24) is 15.3 Å². The molecule has 0 spiro atoms. The van der Waals surface area contributed by atoms with Crippen molar-refractivity contribution in [2.45, 2.75) is 55.2 Å². The number of benzene rings is 2. The molecule has 1 unspecified atom stereocenters. The van der Waals surface area contributed by atoms with Gasteiger partial charge in [0.05, 0.1) is 11.4 Å². The molecule has 1 fully saturated rings. The Kier molecular flexibility index (Phi) is 6.92. The number of aromatic nitrogens is 2. The number of aryl methyl sites for hydroxylation is 3. The smallest absolute Gasteiger partial charge is 0.290 e. The van der Waals surface area contributed by atoms with Crippen LogP contribution in [0.15, 0.2) is 56.7 Å². The summed E-state index contributed by atoms with van der Waals surface area (Å²) in [4.78, 5) is 20.8. The molecule has 2 aromatic carbocycles. The zero-order chi connectivity index (χ0) is 26.3. The molecule has 1 saturated carbocycles. The van der Waals surface area contributed by atoms with Crippen LogP contribution in [0.5, 0.6) is 0 Å². The largest absolute Gasteiger partial charge is 0.344 e. The van der Waals surface area contributed by atoms with E-state index in [9.17, 15) is 17.8 Å². The second-order valence-corrected chi connectivity index (χ2v) is 11.3. The standard InChI is InChI=1S/C26H27F3N4O2S/c1-15-8-11-20(16(2)12-15)26(28,29)14-32-25(34)24-22(13-31-17(3)33-24)36(35,30-4)21-7-5-6-19(23(21)27)18-9-10-18/h5-8,11-13,18H,9-10,14H2,1-4H3,(H,32,34). The number of carbonyl (C=O) groups excluding carboxylic acids is 1. The van der Waals surface area contributed by atoms with E-state index in [0.29, 0.717) is 11.1 Å². The van der Waals surface area contributed by atoms with E-state index in [0.717, 1.165) is 24.6 Å². The van der Waals surface area contributed by atoms with Crippen LogP contribution in [0.2, 0.25) is 0 Å². The number of rotatable bonds is 7. The molecule has 0 saturated heterocycles. The molecule has 190 valence electrons. The minimum absolute atomic E-state index is 0.0509. The summed E-state index contributed by atoms with van der Waals surface area (Å²) >= 11 is 0. The lowest BCUT2D eigenvalue weighted by atomic mass is 10.0. The number of halogens is 3. The van der Waals surface area contributed by atoms with Gasteiger partial charge in [0.25, 0.3) is 11.8 Å². The maximum absolute atomic E-state index is 15.4. The molecule has 1 atom stereocenters. The lowest BCUT2D eigenvalue weighted by Crippen LogP contribution is -2.36. The van der Waals surface area contributed by atoms with E-state index < -0.39 is 33.9 Å². The molecule has 1 N–H and O–H groups in total. The molecule has 0 radical (unpaired) electrons. The summed E-state index contributed by atoms with van der Waals surface area (Å²) in [6, 6.07) is 9.13. The van der Waals surface area contributed by atoms with Crippen LogP contribution in [0.4, 0.5) is 13.2 Å². The van der Waals surface area contributed by atoms with Gasteiger partial charge in [0.15, 0.2) is 0 Å². The number of hydrogen-bond acceptors (Lipinski definition) is 5. The van der Waals surface area contributed by atoms with Crippen LogP contribution >= 0.6 is 0 Å². The molecular weight excluding hydrogens is 489 g/mol. The van der Waals surface area contributed by atoms with Crippen LogP contribution < -0.4 is 5.32 Å². The summed E-state index contributed by atoms with van der Waals surface area (Å²) in [6.45, 7) is 3.87. The Morgan fingerprint density at radius 3 is 2.53 bits per heavy atom. The number of carbonyl (C=O) groups is 1. The number of hydrogen-bond donors (Lipinski definition) is 1. The van der Waals surface area contributed by atoms with Crippen LogP contribution in [0.3, 0.4) is 0 Å². The second kappa shape index (κ2) is 9.65. The summed E-state index contributed by atoms with van der Waals surface area (Å²) in [5, 5.41) is 2.21. The highest BCUT2D eigenvalue weighted by Crippen LogP contribution is 2.43. The van der Waals surface area contributed by atoms with Gasteiger partial charge in [-0.25, -0.2) is 22.9 Å². The van der Waals surface area contributed by atoms with E-state index in [1.54, 1.807) is 38.1 Å². The average molecular weight is 517 g/mol. The molecule has 1 amide bonds. The minimum atomic E-state index is -3.68. The van der Waals surface area contributed by atoms with E-state index in [1.165, 1.54) is 26.1 Å². The second-order valence-electron chi connectivity index (χ2n) is 8.98. The molecule has 1 aliphatic carbocycles. The first kappa shape index (κ1) is 25.8. The van der Waals surface area contributed by atoms with Crippen LogP contribution in [-0.4, -0.2) is 33.7 Å². The molecule has 0 bridgehead atoms. The zero-order valence-electron chi connectivity index (χ0n) is 20.4. The third kappa shape index (κ3) is 4.86. The Bertz CT molecular complexity index is 1460. The van der Waals surface area contributed by atoms with Crippen molar-refractivity contribution < 1.29 is 22.2 Å². The van der Waals surface area contributed by atoms with Crippen LogP contribution in [-0.2, 0) is 15.7 Å². The van der Waals surface area contributed by atoms with Gasteiger partial charge in [-0.15, -0.1) is 0 Å². The fourth-order valence-electron chi connectivity index (χ4n) is 4.18. The van der Waals surface area contributed by atoms with E-state index in [1.807, 2.05) is 0 Å². The van der Waals surface area contributed by atoms with Crippen molar-refractivity contribution in [3.63, 3.8) is 0 Å². The Balaban J connectivity index is 1.70. The van der Waals surface area contributed by atoms with Gasteiger partial charge in [0.1, 0.15) is 32.0 Å². The third-order valence-electron chi connectivity index (χ3n) is 6.20. The number of amides is 1. The molecule has 36 heavy (non-hydrogen) atoms. The summed E-state index contributed by atoms with van der Waals surface area (Å²) in [7, 11) is -2.43. The average Bonchev–Trinajstić information content (AvgIpc) is 3.67. The fraction of sp³-hybridized carbons (Fsp3) is 0.346. The van der Waals surface area contributed by atoms with Crippen molar-refractivity contribution in [3.8, 4) is 0 Å². The fourth-order valence-corrected chi connectivity index (χ4v) is 6.03. The first-order valence-corrected chi connectivity index (χ1v) is 13.0. The number of nitrogens with one attached hydrogen (secondary N) is 1. The van der Waals surface area contributed by atoms with Gasteiger partial charge in [0, 0.05) is 18.8 Å². The SMILES string of the molecule is CN=S(=O)(c1cnc(C)nc1C(=O)NCC(F)(F)c1ccc(C)cc1C)c1cccc(C2CC2)c1F. The van der Waals surface area contributed by atoms with Crippen LogP contribution in [0, 0.1) is 26.6 Å². The quantitative estimate of drug-likeness (QED) is 0.452. The molecule has 3 aromatic rings. The lowest BCUT2D eigenvalue weighted by molar-refractivity contribution is -0.00315. The van der Waals surface area contributed by atoms with E-state index in [-0.39, 0.29) is 32.8 Å². The van der Waals surface area contributed by atoms with Crippen LogP contribution in [0.25, 0.3) is 0 Å². The number of nitrogens with zero attached hydrogens (tertiary/aromatic N) is 3. The van der Waals surface area contributed by atoms with Gasteiger partial charge in [0.2, 0.25) is 0 Å². The van der Waals surface area contributed by atoms with Gasteiger partial charge in [-0.2, -0.15) is 8.78 Å². The molecule has 4 rings (SSSR count). The summed E-state index contributed by atoms with van der Waals surface area (Å²) in [5.74, 6) is -4.78. The Morgan fingerprint density at radius 2 is 1.89 bits per heavy atom. The Hall–Kier alpha value is -3.27. The van der Waals surface area contributed by atoms with Gasteiger partial charge >= 0.3 is 0 Å². The van der Waals surface area contributed by atoms with Crippen molar-refractivity contribution in [3.05, 3.63) is 82.2 Å². The van der Waals surface area contributed by atoms with Crippen molar-refractivity contribution in [2.24, 2.45) is 4.36 Å². The molecule has 1 aliphatic rings. The van der Waals surface area contributed by atoms with E-state index >= 15 is 4.39 Å². The summed E-state index contributed by atoms with van der Waals surface area (Å²) in [6.07, 6.45) is 2.82. The van der Waals surface area contributed by atoms with Gasteiger partial charge in [-0.05, 0) is 56.7 Å². The highest BCUT2D eigenvalue weighted by Gasteiger charge is 2.36. The molecule has 0 aliphatic heterocycles. The molecule has 6 nitrogen and oxygen atoms in total.